The third-order valence-electron chi connectivity index (χ3n) is 5.59. The van der Waals surface area contributed by atoms with Crippen LogP contribution in [0, 0.1) is 0 Å². The standard InChI is InChI=1S/C23H23N7O/c1-29-15-18(14-26-29)19-5-4-17-13-25-21(12-20(17)27-19)22(30-10-2-3-11-30)28-23(31)16-6-8-24-9-7-16/h4-9,12-15,22H,2-3,10-11H2,1H3,(H,28,31). The molecule has 5 heterocycles. The average molecular weight is 413 g/mol. The van der Waals surface area contributed by atoms with Crippen LogP contribution < -0.4 is 5.32 Å². The molecule has 1 aliphatic rings. The van der Waals surface area contributed by atoms with Crippen molar-refractivity contribution in [2.75, 3.05) is 13.1 Å². The zero-order chi connectivity index (χ0) is 21.2. The first-order valence-electron chi connectivity index (χ1n) is 10.4. The Balaban J connectivity index is 1.50. The van der Waals surface area contributed by atoms with E-state index in [1.54, 1.807) is 35.4 Å². The van der Waals surface area contributed by atoms with Crippen molar-refractivity contribution < 1.29 is 4.79 Å². The number of hydrogen-bond donors (Lipinski definition) is 1. The lowest BCUT2D eigenvalue weighted by atomic mass is 10.1. The molecule has 0 radical (unpaired) electrons. The number of amides is 1. The Kier molecular flexibility index (Phi) is 5.13. The van der Waals surface area contributed by atoms with Crippen LogP contribution in [0.3, 0.4) is 0 Å². The summed E-state index contributed by atoms with van der Waals surface area (Å²) >= 11 is 0. The van der Waals surface area contributed by atoms with Crippen molar-refractivity contribution in [3.63, 3.8) is 0 Å². The zero-order valence-electron chi connectivity index (χ0n) is 17.3. The minimum Gasteiger partial charge on any atom is -0.331 e. The van der Waals surface area contributed by atoms with E-state index in [9.17, 15) is 4.79 Å². The predicted molar refractivity (Wildman–Crippen MR) is 117 cm³/mol. The Morgan fingerprint density at radius 2 is 1.90 bits per heavy atom. The highest BCUT2D eigenvalue weighted by atomic mass is 16.1. The van der Waals surface area contributed by atoms with E-state index < -0.39 is 0 Å². The molecule has 8 nitrogen and oxygen atoms in total. The molecule has 8 heteroatoms. The molecule has 5 rings (SSSR count). The molecule has 1 atom stereocenters. The fraction of sp³-hybridized carbons (Fsp3) is 0.261. The second kappa shape index (κ2) is 8.23. The van der Waals surface area contributed by atoms with Gasteiger partial charge in [0.2, 0.25) is 0 Å². The van der Waals surface area contributed by atoms with Gasteiger partial charge in [-0.25, -0.2) is 4.98 Å². The summed E-state index contributed by atoms with van der Waals surface area (Å²) < 4.78 is 1.76. The van der Waals surface area contributed by atoms with Gasteiger partial charge in [0.1, 0.15) is 6.17 Å². The Morgan fingerprint density at radius 1 is 1.10 bits per heavy atom. The Bertz CT molecular complexity index is 1220. The molecule has 0 spiro atoms. The Morgan fingerprint density at radius 3 is 2.65 bits per heavy atom. The summed E-state index contributed by atoms with van der Waals surface area (Å²) in [6, 6.07) is 9.40. The molecule has 1 amide bonds. The number of nitrogens with one attached hydrogen (secondary N) is 1. The average Bonchev–Trinajstić information content (AvgIpc) is 3.49. The number of aryl methyl sites for hydroxylation is 1. The molecule has 31 heavy (non-hydrogen) atoms. The molecular formula is C23H23N7O. The fourth-order valence-corrected chi connectivity index (χ4v) is 3.96. The van der Waals surface area contributed by atoms with Crippen LogP contribution in [0.2, 0.25) is 0 Å². The van der Waals surface area contributed by atoms with Gasteiger partial charge in [-0.2, -0.15) is 5.10 Å². The second-order valence-electron chi connectivity index (χ2n) is 7.76. The van der Waals surface area contributed by atoms with Crippen LogP contribution in [0.5, 0.6) is 0 Å². The molecule has 0 aliphatic carbocycles. The summed E-state index contributed by atoms with van der Waals surface area (Å²) in [7, 11) is 1.89. The molecule has 0 aromatic carbocycles. The van der Waals surface area contributed by atoms with Crippen molar-refractivity contribution in [2.45, 2.75) is 19.0 Å². The van der Waals surface area contributed by atoms with Crippen molar-refractivity contribution in [1.29, 1.82) is 0 Å². The number of fused-ring (bicyclic) bond motifs is 1. The van der Waals surface area contributed by atoms with Crippen LogP contribution in [0.15, 0.2) is 61.3 Å². The van der Waals surface area contributed by atoms with Gasteiger partial charge in [-0.05, 0) is 43.2 Å². The van der Waals surface area contributed by atoms with Gasteiger partial charge < -0.3 is 5.32 Å². The van der Waals surface area contributed by atoms with Gasteiger partial charge in [-0.1, -0.05) is 0 Å². The van der Waals surface area contributed by atoms with Crippen LogP contribution in [0.1, 0.15) is 35.1 Å². The third kappa shape index (κ3) is 4.02. The third-order valence-corrected chi connectivity index (χ3v) is 5.59. The van der Waals surface area contributed by atoms with E-state index in [2.05, 4.69) is 25.3 Å². The van der Waals surface area contributed by atoms with Crippen LogP contribution >= 0.6 is 0 Å². The van der Waals surface area contributed by atoms with Gasteiger partial charge in [-0.15, -0.1) is 0 Å². The summed E-state index contributed by atoms with van der Waals surface area (Å²) in [4.78, 5) is 28.6. The number of carbonyl (C=O) groups is 1. The largest absolute Gasteiger partial charge is 0.331 e. The summed E-state index contributed by atoms with van der Waals surface area (Å²) in [6.45, 7) is 1.84. The molecular weight excluding hydrogens is 390 g/mol. The van der Waals surface area contributed by atoms with Gasteiger partial charge in [-0.3, -0.25) is 24.3 Å². The van der Waals surface area contributed by atoms with E-state index in [1.165, 1.54) is 0 Å². The second-order valence-corrected chi connectivity index (χ2v) is 7.76. The maximum absolute atomic E-state index is 12.9. The minimum absolute atomic E-state index is 0.140. The predicted octanol–water partition coefficient (Wildman–Crippen LogP) is 2.95. The summed E-state index contributed by atoms with van der Waals surface area (Å²) in [5.74, 6) is -0.140. The molecule has 0 saturated carbocycles. The van der Waals surface area contributed by atoms with Gasteiger partial charge in [0, 0.05) is 61.4 Å². The lowest BCUT2D eigenvalue weighted by molar-refractivity contribution is 0.0868. The van der Waals surface area contributed by atoms with Gasteiger partial charge >= 0.3 is 0 Å². The number of hydrogen-bond acceptors (Lipinski definition) is 6. The fourth-order valence-electron chi connectivity index (χ4n) is 3.96. The number of pyridine rings is 3. The molecule has 0 bridgehead atoms. The van der Waals surface area contributed by atoms with Gasteiger partial charge in [0.05, 0.1) is 23.1 Å². The zero-order valence-corrected chi connectivity index (χ0v) is 17.3. The van der Waals surface area contributed by atoms with E-state index in [4.69, 9.17) is 4.98 Å². The first-order chi connectivity index (χ1) is 15.2. The molecule has 1 N–H and O–H groups in total. The van der Waals surface area contributed by atoms with E-state index in [0.717, 1.165) is 53.8 Å². The lowest BCUT2D eigenvalue weighted by Gasteiger charge is -2.28. The first-order valence-corrected chi connectivity index (χ1v) is 10.4. The normalized spacial score (nSPS) is 15.3. The van der Waals surface area contributed by atoms with Crippen molar-refractivity contribution in [3.05, 3.63) is 72.6 Å². The van der Waals surface area contributed by atoms with E-state index >= 15 is 0 Å². The SMILES string of the molecule is Cn1cc(-c2ccc3cnc(C(NC(=O)c4ccncc4)N4CCCC4)cc3n2)cn1. The highest BCUT2D eigenvalue weighted by Crippen LogP contribution is 2.26. The molecule has 4 aromatic heterocycles. The maximum atomic E-state index is 12.9. The first kappa shape index (κ1) is 19.3. The number of carbonyl (C=O) groups excluding carboxylic acids is 1. The van der Waals surface area contributed by atoms with E-state index in [0.29, 0.717) is 5.56 Å². The summed E-state index contributed by atoms with van der Waals surface area (Å²) in [5, 5.41) is 8.36. The Hall–Kier alpha value is -3.65. The van der Waals surface area contributed by atoms with E-state index in [1.807, 2.05) is 37.6 Å². The maximum Gasteiger partial charge on any atom is 0.252 e. The van der Waals surface area contributed by atoms with Crippen molar-refractivity contribution in [3.8, 4) is 11.3 Å². The molecule has 1 saturated heterocycles. The lowest BCUT2D eigenvalue weighted by Crippen LogP contribution is -2.40. The highest BCUT2D eigenvalue weighted by Gasteiger charge is 2.27. The van der Waals surface area contributed by atoms with Crippen molar-refractivity contribution >= 4 is 16.8 Å². The number of aromatic nitrogens is 5. The number of rotatable bonds is 5. The number of likely N-dealkylation sites (tertiary alicyclic amines) is 1. The van der Waals surface area contributed by atoms with Gasteiger partial charge in [0.15, 0.2) is 0 Å². The smallest absolute Gasteiger partial charge is 0.252 e. The molecule has 156 valence electrons. The van der Waals surface area contributed by atoms with Gasteiger partial charge in [0.25, 0.3) is 5.91 Å². The molecule has 1 fully saturated rings. The van der Waals surface area contributed by atoms with Crippen LogP contribution in [0.25, 0.3) is 22.2 Å². The van der Waals surface area contributed by atoms with Crippen molar-refractivity contribution in [2.24, 2.45) is 7.05 Å². The topological polar surface area (TPSA) is 88.8 Å². The molecule has 1 unspecified atom stereocenters. The van der Waals surface area contributed by atoms with Crippen LogP contribution in [-0.2, 0) is 7.05 Å². The molecule has 4 aromatic rings. The van der Waals surface area contributed by atoms with Crippen molar-refractivity contribution in [1.82, 2.24) is 34.9 Å². The monoisotopic (exact) mass is 413 g/mol. The molecule has 1 aliphatic heterocycles. The van der Waals surface area contributed by atoms with Crippen LogP contribution in [-0.4, -0.2) is 48.6 Å². The highest BCUT2D eigenvalue weighted by molar-refractivity contribution is 5.94. The Labute approximate surface area is 180 Å². The van der Waals surface area contributed by atoms with E-state index in [-0.39, 0.29) is 12.1 Å². The minimum atomic E-state index is -0.309. The quantitative estimate of drug-likeness (QED) is 0.541. The summed E-state index contributed by atoms with van der Waals surface area (Å²) in [6.07, 6.45) is 10.7. The number of nitrogens with zero attached hydrogens (tertiary/aromatic N) is 6. The summed E-state index contributed by atoms with van der Waals surface area (Å²) in [5.41, 5.74) is 4.03. The van der Waals surface area contributed by atoms with Crippen LogP contribution in [0.4, 0.5) is 0 Å².